The Morgan fingerprint density at radius 1 is 1.07 bits per heavy atom. The molecule has 15 heavy (non-hydrogen) atoms. The minimum atomic E-state index is 0.503. The molecule has 0 amide bonds. The predicted octanol–water partition coefficient (Wildman–Crippen LogP) is 4.36. The van der Waals surface area contributed by atoms with Gasteiger partial charge in [0.15, 0.2) is 0 Å². The zero-order chi connectivity index (χ0) is 10.8. The van der Waals surface area contributed by atoms with Crippen LogP contribution in [0.15, 0.2) is 36.5 Å². The van der Waals surface area contributed by atoms with Crippen molar-refractivity contribution in [1.82, 2.24) is 4.98 Å². The Morgan fingerprint density at radius 3 is 2.47 bits per heavy atom. The summed E-state index contributed by atoms with van der Waals surface area (Å²) in [6.45, 7) is 1.99. The molecule has 0 fully saturated rings. The van der Waals surface area contributed by atoms with Crippen molar-refractivity contribution in [3.63, 3.8) is 0 Å². The van der Waals surface area contributed by atoms with Crippen molar-refractivity contribution >= 4 is 23.2 Å². The molecule has 0 radical (unpaired) electrons. The number of aryl methyl sites for hydroxylation is 1. The molecule has 0 saturated heterocycles. The summed E-state index contributed by atoms with van der Waals surface area (Å²) >= 11 is 11.9. The number of halogens is 2. The molecule has 0 aliphatic carbocycles. The number of pyridine rings is 1. The summed E-state index contributed by atoms with van der Waals surface area (Å²) in [5, 5.41) is 1.23. The molecule has 0 unspecified atom stereocenters. The average molecular weight is 238 g/mol. The number of hydrogen-bond acceptors (Lipinski definition) is 1. The second-order valence-electron chi connectivity index (χ2n) is 3.30. The van der Waals surface area contributed by atoms with Crippen LogP contribution in [0.3, 0.4) is 0 Å². The first kappa shape index (κ1) is 10.5. The van der Waals surface area contributed by atoms with E-state index in [-0.39, 0.29) is 0 Å². The van der Waals surface area contributed by atoms with Crippen molar-refractivity contribution in [2.75, 3.05) is 0 Å². The minimum absolute atomic E-state index is 0.503. The van der Waals surface area contributed by atoms with Gasteiger partial charge in [-0.1, -0.05) is 41.4 Å². The number of aromatic nitrogens is 1. The van der Waals surface area contributed by atoms with Crippen LogP contribution in [0.5, 0.6) is 0 Å². The summed E-state index contributed by atoms with van der Waals surface area (Å²) in [4.78, 5) is 4.06. The largest absolute Gasteiger partial charge is 0.244 e. The van der Waals surface area contributed by atoms with Crippen molar-refractivity contribution in [3.8, 4) is 11.1 Å². The Bertz CT molecular complexity index is 495. The van der Waals surface area contributed by atoms with Crippen molar-refractivity contribution < 1.29 is 0 Å². The molecule has 2 aromatic rings. The highest BCUT2D eigenvalue weighted by molar-refractivity contribution is 6.33. The Balaban J connectivity index is 2.60. The minimum Gasteiger partial charge on any atom is -0.244 e. The maximum atomic E-state index is 6.11. The quantitative estimate of drug-likeness (QED) is 0.672. The number of hydrogen-bond donors (Lipinski definition) is 0. The Morgan fingerprint density at radius 2 is 1.80 bits per heavy atom. The fourth-order valence-corrected chi connectivity index (χ4v) is 1.93. The summed E-state index contributed by atoms with van der Waals surface area (Å²) < 4.78 is 0. The van der Waals surface area contributed by atoms with Crippen LogP contribution in [-0.4, -0.2) is 4.98 Å². The van der Waals surface area contributed by atoms with Crippen molar-refractivity contribution in [3.05, 3.63) is 52.3 Å². The van der Waals surface area contributed by atoms with E-state index in [0.29, 0.717) is 5.15 Å². The van der Waals surface area contributed by atoms with Crippen LogP contribution >= 0.6 is 23.2 Å². The lowest BCUT2D eigenvalue weighted by Crippen LogP contribution is -1.86. The molecule has 1 aromatic heterocycles. The lowest BCUT2D eigenvalue weighted by molar-refractivity contribution is 1.29. The van der Waals surface area contributed by atoms with E-state index in [1.165, 1.54) is 0 Å². The van der Waals surface area contributed by atoms with Crippen LogP contribution in [-0.2, 0) is 0 Å². The van der Waals surface area contributed by atoms with E-state index in [9.17, 15) is 0 Å². The summed E-state index contributed by atoms with van der Waals surface area (Å²) in [6, 6.07) is 9.53. The molecule has 1 aromatic carbocycles. The third kappa shape index (κ3) is 2.14. The van der Waals surface area contributed by atoms with E-state index in [2.05, 4.69) is 4.98 Å². The predicted molar refractivity (Wildman–Crippen MR) is 64.4 cm³/mol. The van der Waals surface area contributed by atoms with E-state index >= 15 is 0 Å². The van der Waals surface area contributed by atoms with Gasteiger partial charge in [-0.25, -0.2) is 4.98 Å². The van der Waals surface area contributed by atoms with E-state index < -0.39 is 0 Å². The molecule has 76 valence electrons. The summed E-state index contributed by atoms with van der Waals surface area (Å²) in [6.07, 6.45) is 1.75. The van der Waals surface area contributed by atoms with Gasteiger partial charge in [0.1, 0.15) is 5.15 Å². The molecule has 0 bridgehead atoms. The SMILES string of the molecule is Cc1cc(Cl)ncc1-c1ccccc1Cl. The number of rotatable bonds is 1. The van der Waals surface area contributed by atoms with E-state index in [0.717, 1.165) is 21.7 Å². The zero-order valence-electron chi connectivity index (χ0n) is 8.17. The van der Waals surface area contributed by atoms with Gasteiger partial charge in [-0.3, -0.25) is 0 Å². The van der Waals surface area contributed by atoms with Crippen molar-refractivity contribution in [2.24, 2.45) is 0 Å². The molecule has 2 rings (SSSR count). The Kier molecular flexibility index (Phi) is 2.94. The Hall–Kier alpha value is -1.05. The number of nitrogens with zero attached hydrogens (tertiary/aromatic N) is 1. The molecule has 0 spiro atoms. The highest BCUT2D eigenvalue weighted by Crippen LogP contribution is 2.30. The summed E-state index contributed by atoms with van der Waals surface area (Å²) in [7, 11) is 0. The molecule has 0 atom stereocenters. The van der Waals surface area contributed by atoms with Gasteiger partial charge in [0, 0.05) is 22.3 Å². The second-order valence-corrected chi connectivity index (χ2v) is 4.10. The van der Waals surface area contributed by atoms with Gasteiger partial charge in [-0.15, -0.1) is 0 Å². The number of benzene rings is 1. The van der Waals surface area contributed by atoms with Crippen LogP contribution in [0.1, 0.15) is 5.56 Å². The summed E-state index contributed by atoms with van der Waals surface area (Å²) in [5.41, 5.74) is 3.08. The van der Waals surface area contributed by atoms with Crippen LogP contribution in [0.4, 0.5) is 0 Å². The molecular weight excluding hydrogens is 229 g/mol. The lowest BCUT2D eigenvalue weighted by Gasteiger charge is -2.07. The van der Waals surface area contributed by atoms with E-state index in [4.69, 9.17) is 23.2 Å². The topological polar surface area (TPSA) is 12.9 Å². The normalized spacial score (nSPS) is 10.3. The van der Waals surface area contributed by atoms with Crippen molar-refractivity contribution in [2.45, 2.75) is 6.92 Å². The van der Waals surface area contributed by atoms with Gasteiger partial charge >= 0.3 is 0 Å². The van der Waals surface area contributed by atoms with Gasteiger partial charge in [0.25, 0.3) is 0 Å². The van der Waals surface area contributed by atoms with Crippen LogP contribution in [0, 0.1) is 6.92 Å². The third-order valence-corrected chi connectivity index (χ3v) is 2.78. The smallest absolute Gasteiger partial charge is 0.129 e. The maximum Gasteiger partial charge on any atom is 0.129 e. The van der Waals surface area contributed by atoms with Gasteiger partial charge in [0.05, 0.1) is 0 Å². The fourth-order valence-electron chi connectivity index (χ4n) is 1.48. The third-order valence-electron chi connectivity index (χ3n) is 2.24. The van der Waals surface area contributed by atoms with Gasteiger partial charge < -0.3 is 0 Å². The first-order chi connectivity index (χ1) is 7.18. The monoisotopic (exact) mass is 237 g/mol. The average Bonchev–Trinajstić information content (AvgIpc) is 2.20. The van der Waals surface area contributed by atoms with E-state index in [1.807, 2.05) is 37.3 Å². The first-order valence-electron chi connectivity index (χ1n) is 4.55. The zero-order valence-corrected chi connectivity index (χ0v) is 9.68. The van der Waals surface area contributed by atoms with Gasteiger partial charge in [-0.05, 0) is 24.6 Å². The van der Waals surface area contributed by atoms with Crippen LogP contribution < -0.4 is 0 Å². The van der Waals surface area contributed by atoms with Gasteiger partial charge in [-0.2, -0.15) is 0 Å². The highest BCUT2D eigenvalue weighted by Gasteiger charge is 2.06. The molecular formula is C12H9Cl2N. The van der Waals surface area contributed by atoms with Gasteiger partial charge in [0.2, 0.25) is 0 Å². The lowest BCUT2D eigenvalue weighted by atomic mass is 10.0. The van der Waals surface area contributed by atoms with E-state index in [1.54, 1.807) is 6.20 Å². The Labute approximate surface area is 98.7 Å². The van der Waals surface area contributed by atoms with Crippen LogP contribution in [0.2, 0.25) is 10.2 Å². The van der Waals surface area contributed by atoms with Crippen molar-refractivity contribution in [1.29, 1.82) is 0 Å². The first-order valence-corrected chi connectivity index (χ1v) is 5.31. The molecule has 0 saturated carbocycles. The molecule has 3 heteroatoms. The second kappa shape index (κ2) is 4.21. The molecule has 0 aliphatic heterocycles. The maximum absolute atomic E-state index is 6.11. The van der Waals surface area contributed by atoms with Crippen LogP contribution in [0.25, 0.3) is 11.1 Å². The standard InChI is InChI=1S/C12H9Cl2N/c1-8-6-12(14)15-7-10(8)9-4-2-3-5-11(9)13/h2-7H,1H3. The molecule has 1 nitrogen and oxygen atoms in total. The fraction of sp³-hybridized carbons (Fsp3) is 0.0833. The summed E-state index contributed by atoms with van der Waals surface area (Å²) in [5.74, 6) is 0. The molecule has 0 aliphatic rings. The highest BCUT2D eigenvalue weighted by atomic mass is 35.5. The molecule has 1 heterocycles. The molecule has 0 N–H and O–H groups in total.